The predicted molar refractivity (Wildman–Crippen MR) is 97.5 cm³/mol. The first kappa shape index (κ1) is 16.2. The molecule has 6 nitrogen and oxygen atoms in total. The Morgan fingerprint density at radius 1 is 1.38 bits per heavy atom. The van der Waals surface area contributed by atoms with Crippen molar-refractivity contribution in [3.05, 3.63) is 51.7 Å². The normalized spacial score (nSPS) is 20.8. The third-order valence-electron chi connectivity index (χ3n) is 4.33. The van der Waals surface area contributed by atoms with E-state index in [1.165, 1.54) is 16.2 Å². The number of thiophene rings is 1. The Labute approximate surface area is 144 Å². The van der Waals surface area contributed by atoms with Crippen molar-refractivity contribution in [2.45, 2.75) is 18.9 Å². The highest BCUT2D eigenvalue weighted by Crippen LogP contribution is 2.34. The van der Waals surface area contributed by atoms with Gasteiger partial charge in [-0.1, -0.05) is 12.1 Å². The van der Waals surface area contributed by atoms with Crippen molar-refractivity contribution in [3.63, 3.8) is 0 Å². The Hall–Kier alpha value is -2.67. The van der Waals surface area contributed by atoms with Crippen LogP contribution in [0.1, 0.15) is 30.0 Å². The first-order valence-corrected chi connectivity index (χ1v) is 8.39. The lowest BCUT2D eigenvalue weighted by Crippen LogP contribution is -2.47. The lowest BCUT2D eigenvalue weighted by molar-refractivity contribution is -0.128. The van der Waals surface area contributed by atoms with Crippen LogP contribution in [-0.4, -0.2) is 29.5 Å². The fourth-order valence-electron chi connectivity index (χ4n) is 2.76. The van der Waals surface area contributed by atoms with Crippen molar-refractivity contribution in [2.24, 2.45) is 10.7 Å². The maximum Gasteiger partial charge on any atom is 0.231 e. The highest BCUT2D eigenvalue weighted by molar-refractivity contribution is 7.08. The van der Waals surface area contributed by atoms with Gasteiger partial charge in [-0.2, -0.15) is 11.3 Å². The molecule has 1 amide bonds. The van der Waals surface area contributed by atoms with Gasteiger partial charge in [0.2, 0.25) is 5.91 Å². The third kappa shape index (κ3) is 2.67. The molecule has 1 aliphatic heterocycles. The highest BCUT2D eigenvalue weighted by atomic mass is 32.1. The van der Waals surface area contributed by atoms with E-state index in [2.05, 4.69) is 4.99 Å². The van der Waals surface area contributed by atoms with Crippen LogP contribution in [-0.2, 0) is 10.3 Å². The molecule has 24 heavy (non-hydrogen) atoms. The van der Waals surface area contributed by atoms with Crippen LogP contribution in [0.2, 0.25) is 0 Å². The zero-order valence-electron chi connectivity index (χ0n) is 13.5. The largest absolute Gasteiger partial charge is 0.398 e. The van der Waals surface area contributed by atoms with Crippen molar-refractivity contribution in [3.8, 4) is 0 Å². The number of amides is 1. The molecule has 1 aromatic heterocycles. The number of anilines is 1. The molecule has 0 radical (unpaired) electrons. The van der Waals surface area contributed by atoms with E-state index in [1.807, 2.05) is 35.9 Å². The average molecular weight is 341 g/mol. The van der Waals surface area contributed by atoms with Gasteiger partial charge in [-0.25, -0.2) is 4.99 Å². The Kier molecular flexibility index (Phi) is 3.88. The molecule has 0 aliphatic carbocycles. The predicted octanol–water partition coefficient (Wildman–Crippen LogP) is 2.14. The van der Waals surface area contributed by atoms with E-state index in [-0.39, 0.29) is 18.3 Å². The van der Waals surface area contributed by atoms with Crippen LogP contribution in [0.3, 0.4) is 0 Å². The van der Waals surface area contributed by atoms with Crippen molar-refractivity contribution in [1.29, 1.82) is 5.41 Å². The molecular formula is C17H19N5OS. The Morgan fingerprint density at radius 3 is 2.71 bits per heavy atom. The zero-order valence-corrected chi connectivity index (χ0v) is 14.4. The van der Waals surface area contributed by atoms with Crippen LogP contribution in [0, 0.1) is 5.41 Å². The lowest BCUT2D eigenvalue weighted by atomic mass is 9.86. The van der Waals surface area contributed by atoms with Crippen molar-refractivity contribution in [2.75, 3.05) is 12.8 Å². The van der Waals surface area contributed by atoms with Gasteiger partial charge in [0.05, 0.1) is 17.7 Å². The zero-order chi connectivity index (χ0) is 17.5. The smallest absolute Gasteiger partial charge is 0.231 e. The van der Waals surface area contributed by atoms with Gasteiger partial charge in [-0.15, -0.1) is 0 Å². The molecule has 7 heteroatoms. The molecule has 0 unspecified atom stereocenters. The number of nitrogens with zero attached hydrogens (tertiary/aromatic N) is 2. The van der Waals surface area contributed by atoms with Crippen molar-refractivity contribution < 1.29 is 4.79 Å². The van der Waals surface area contributed by atoms with Crippen LogP contribution >= 0.6 is 11.3 Å². The number of nitrogens with one attached hydrogen (secondary N) is 1. The van der Waals surface area contributed by atoms with Gasteiger partial charge in [0.15, 0.2) is 5.96 Å². The molecule has 124 valence electrons. The molecule has 5 N–H and O–H groups in total. The second-order valence-electron chi connectivity index (χ2n) is 6.06. The highest BCUT2D eigenvalue weighted by Gasteiger charge is 2.36. The first-order chi connectivity index (χ1) is 11.3. The summed E-state index contributed by atoms with van der Waals surface area (Å²) < 4.78 is 0. The van der Waals surface area contributed by atoms with Gasteiger partial charge >= 0.3 is 0 Å². The summed E-state index contributed by atoms with van der Waals surface area (Å²) in [6.45, 7) is 1.86. The summed E-state index contributed by atoms with van der Waals surface area (Å²) in [5, 5.41) is 12.1. The minimum atomic E-state index is -0.745. The summed E-state index contributed by atoms with van der Waals surface area (Å²) in [5.74, 6) is 0.112. The molecule has 1 aliphatic rings. The standard InChI is InChI=1S/C17H19N5OS/c1-17(8-14(23)22(2)16(20)21-17)11-3-4-12(13(18)7-11)15(19)10-5-6-24-9-10/h3-7,9,19H,8,18H2,1-2H3,(H2,20,21)/t17-/m0/s1. The fourth-order valence-corrected chi connectivity index (χ4v) is 3.41. The van der Waals surface area contributed by atoms with E-state index in [0.29, 0.717) is 17.0 Å². The molecule has 0 saturated heterocycles. The molecule has 2 aromatic rings. The van der Waals surface area contributed by atoms with Crippen molar-refractivity contribution in [1.82, 2.24) is 4.90 Å². The van der Waals surface area contributed by atoms with Gasteiger partial charge in [-0.3, -0.25) is 15.1 Å². The number of rotatable bonds is 3. The summed E-state index contributed by atoms with van der Waals surface area (Å²) in [7, 11) is 1.61. The van der Waals surface area contributed by atoms with E-state index in [9.17, 15) is 4.79 Å². The number of guanidine groups is 1. The SMILES string of the molecule is CN1C(=O)C[C@@](C)(c2ccc(C(=N)c3ccsc3)c(N)c2)N=C1N. The van der Waals surface area contributed by atoms with Crippen LogP contribution in [0.5, 0.6) is 0 Å². The van der Waals surface area contributed by atoms with E-state index >= 15 is 0 Å². The summed E-state index contributed by atoms with van der Waals surface area (Å²) in [5.41, 5.74) is 14.5. The van der Waals surface area contributed by atoms with E-state index in [1.54, 1.807) is 13.1 Å². The summed E-state index contributed by atoms with van der Waals surface area (Å²) >= 11 is 1.54. The van der Waals surface area contributed by atoms with Gasteiger partial charge in [0, 0.05) is 29.2 Å². The Bertz CT molecular complexity index is 843. The van der Waals surface area contributed by atoms with Crippen LogP contribution < -0.4 is 11.5 Å². The average Bonchev–Trinajstić information content (AvgIpc) is 3.06. The van der Waals surface area contributed by atoms with Gasteiger partial charge in [-0.05, 0) is 30.0 Å². The van der Waals surface area contributed by atoms with E-state index in [0.717, 1.165) is 11.1 Å². The van der Waals surface area contributed by atoms with Gasteiger partial charge in [0.1, 0.15) is 0 Å². The summed E-state index contributed by atoms with van der Waals surface area (Å²) in [4.78, 5) is 17.9. The maximum absolute atomic E-state index is 12.1. The minimum Gasteiger partial charge on any atom is -0.398 e. The molecular weight excluding hydrogens is 322 g/mol. The number of benzene rings is 1. The number of carbonyl (C=O) groups excluding carboxylic acids is 1. The fraction of sp³-hybridized carbons (Fsp3) is 0.235. The number of hydrogen-bond acceptors (Lipinski definition) is 6. The molecule has 1 atom stereocenters. The quantitative estimate of drug-likeness (QED) is 0.588. The monoisotopic (exact) mass is 341 g/mol. The van der Waals surface area contributed by atoms with E-state index in [4.69, 9.17) is 16.9 Å². The number of hydrogen-bond donors (Lipinski definition) is 3. The molecule has 0 saturated carbocycles. The van der Waals surface area contributed by atoms with Crippen LogP contribution in [0.15, 0.2) is 40.0 Å². The number of carbonyl (C=O) groups is 1. The second kappa shape index (κ2) is 5.76. The first-order valence-electron chi connectivity index (χ1n) is 7.45. The third-order valence-corrected chi connectivity index (χ3v) is 5.01. The molecule has 3 rings (SSSR count). The molecule has 0 bridgehead atoms. The number of nitrogens with two attached hydrogens (primary N) is 2. The van der Waals surface area contributed by atoms with Crippen molar-refractivity contribution >= 4 is 34.6 Å². The summed E-state index contributed by atoms with van der Waals surface area (Å²) in [6, 6.07) is 7.35. The van der Waals surface area contributed by atoms with Crippen LogP contribution in [0.25, 0.3) is 0 Å². The minimum absolute atomic E-state index is 0.0846. The Balaban J connectivity index is 1.98. The molecule has 0 spiro atoms. The molecule has 0 fully saturated rings. The number of aliphatic imine (C=N–C) groups is 1. The summed E-state index contributed by atoms with van der Waals surface area (Å²) in [6.07, 6.45) is 0.227. The van der Waals surface area contributed by atoms with Crippen LogP contribution in [0.4, 0.5) is 5.69 Å². The van der Waals surface area contributed by atoms with Gasteiger partial charge < -0.3 is 11.5 Å². The topological polar surface area (TPSA) is 109 Å². The second-order valence-corrected chi connectivity index (χ2v) is 6.84. The molecule has 2 heterocycles. The molecule has 1 aromatic carbocycles. The van der Waals surface area contributed by atoms with E-state index < -0.39 is 5.54 Å². The van der Waals surface area contributed by atoms with Gasteiger partial charge in [0.25, 0.3) is 0 Å². The Morgan fingerprint density at radius 2 is 2.12 bits per heavy atom. The number of nitrogen functional groups attached to an aromatic ring is 1. The lowest BCUT2D eigenvalue weighted by Gasteiger charge is -2.33. The maximum atomic E-state index is 12.1.